The monoisotopic (exact) mass is 878 g/mol. The number of furan rings is 2. The van der Waals surface area contributed by atoms with Crippen LogP contribution >= 0.6 is 0 Å². The largest absolute Gasteiger partial charge is 0.456 e. The zero-order chi connectivity index (χ0) is 46.2. The van der Waals surface area contributed by atoms with E-state index in [9.17, 15) is 0 Å². The molecule has 4 heterocycles. The van der Waals surface area contributed by atoms with E-state index in [-0.39, 0.29) is 17.5 Å². The highest BCUT2D eigenvalue weighted by atomic mass is 16.3. The highest BCUT2D eigenvalue weighted by molar-refractivity contribution is 7.00. The number of benzene rings is 9. The summed E-state index contributed by atoms with van der Waals surface area (Å²) < 4.78 is 12.6. The van der Waals surface area contributed by atoms with Gasteiger partial charge in [0.1, 0.15) is 22.3 Å². The van der Waals surface area contributed by atoms with Crippen LogP contribution in [0.4, 0.5) is 34.1 Å². The fourth-order valence-corrected chi connectivity index (χ4v) is 11.0. The van der Waals surface area contributed by atoms with Crippen molar-refractivity contribution in [3.8, 4) is 22.3 Å². The summed E-state index contributed by atoms with van der Waals surface area (Å²) in [5.41, 5.74) is 23.1. The average molecular weight is 879 g/mol. The molecule has 11 aromatic rings. The van der Waals surface area contributed by atoms with E-state index in [1.165, 1.54) is 55.8 Å². The summed E-state index contributed by atoms with van der Waals surface area (Å²) in [7, 11) is 0. The first-order valence-corrected chi connectivity index (χ1v) is 23.9. The number of nitrogens with zero attached hydrogens (tertiary/aromatic N) is 2. The van der Waals surface area contributed by atoms with Crippen molar-refractivity contribution in [3.05, 3.63) is 199 Å². The first-order valence-electron chi connectivity index (χ1n) is 23.9. The first-order chi connectivity index (χ1) is 32.9. The molecule has 2 aliphatic rings. The van der Waals surface area contributed by atoms with Crippen molar-refractivity contribution in [1.29, 1.82) is 0 Å². The minimum atomic E-state index is -0.0391. The fourth-order valence-electron chi connectivity index (χ4n) is 11.0. The normalized spacial score (nSPS) is 13.4. The highest BCUT2D eigenvalue weighted by Gasteiger charge is 2.44. The van der Waals surface area contributed by atoms with Crippen LogP contribution in [0.25, 0.3) is 66.1 Å². The van der Waals surface area contributed by atoms with Crippen molar-refractivity contribution >= 4 is 101 Å². The molecule has 0 saturated heterocycles. The molecule has 68 heavy (non-hydrogen) atoms. The van der Waals surface area contributed by atoms with Gasteiger partial charge in [-0.15, -0.1) is 0 Å². The standard InChI is InChI=1S/C63H51BN2O2/c1-38-32-55-61-56(33-38)66(46-26-18-40(19-27-46)42-21-29-50-48-13-9-11-15-58(48)68-60(50)35-42)54-37-44(63(5,6)7)22-30-51(54)64(61)52-36-43(62(2,3)4)23-31-53(52)65(55)45-24-16-39(17-25-45)41-20-28-49-47-12-8-10-14-57(47)67-59(49)34-41/h8-37H,1-7H3. The molecule has 0 atom stereocenters. The van der Waals surface area contributed by atoms with Crippen LogP contribution in [-0.4, -0.2) is 6.71 Å². The van der Waals surface area contributed by atoms with Crippen molar-refractivity contribution in [1.82, 2.24) is 0 Å². The van der Waals surface area contributed by atoms with Crippen LogP contribution in [-0.2, 0) is 10.8 Å². The second-order valence-electron chi connectivity index (χ2n) is 21.1. The summed E-state index contributed by atoms with van der Waals surface area (Å²) in [6.07, 6.45) is 0. The van der Waals surface area contributed by atoms with Crippen LogP contribution in [0, 0.1) is 6.92 Å². The van der Waals surface area contributed by atoms with E-state index in [4.69, 9.17) is 8.83 Å². The van der Waals surface area contributed by atoms with Crippen LogP contribution in [0.3, 0.4) is 0 Å². The van der Waals surface area contributed by atoms with Crippen molar-refractivity contribution in [2.75, 3.05) is 9.80 Å². The van der Waals surface area contributed by atoms with Gasteiger partial charge in [-0.25, -0.2) is 0 Å². The molecule has 2 aromatic heterocycles. The van der Waals surface area contributed by atoms with E-state index in [0.717, 1.165) is 77.5 Å². The molecule has 9 aromatic carbocycles. The molecule has 0 radical (unpaired) electrons. The Kier molecular flexibility index (Phi) is 8.71. The van der Waals surface area contributed by atoms with Gasteiger partial charge in [-0.3, -0.25) is 0 Å². The third kappa shape index (κ3) is 6.29. The quantitative estimate of drug-likeness (QED) is 0.165. The lowest BCUT2D eigenvalue weighted by Crippen LogP contribution is -2.61. The van der Waals surface area contributed by atoms with E-state index in [1.807, 2.05) is 24.3 Å². The van der Waals surface area contributed by atoms with Gasteiger partial charge in [-0.1, -0.05) is 139 Å². The average Bonchev–Trinajstić information content (AvgIpc) is 3.91. The van der Waals surface area contributed by atoms with E-state index >= 15 is 0 Å². The van der Waals surface area contributed by atoms with E-state index in [2.05, 4.69) is 216 Å². The molecule has 0 amide bonds. The molecule has 0 unspecified atom stereocenters. The highest BCUT2D eigenvalue weighted by Crippen LogP contribution is 2.47. The Morgan fingerprint density at radius 3 is 1.35 bits per heavy atom. The summed E-state index contributed by atoms with van der Waals surface area (Å²) in [5, 5.41) is 4.57. The van der Waals surface area contributed by atoms with Gasteiger partial charge >= 0.3 is 0 Å². The Morgan fingerprint density at radius 1 is 0.368 bits per heavy atom. The zero-order valence-corrected chi connectivity index (χ0v) is 39.6. The third-order valence-corrected chi connectivity index (χ3v) is 14.6. The minimum absolute atomic E-state index is 0.0269. The lowest BCUT2D eigenvalue weighted by atomic mass is 9.33. The maximum absolute atomic E-state index is 6.32. The molecule has 13 rings (SSSR count). The van der Waals surface area contributed by atoms with Crippen molar-refractivity contribution < 1.29 is 8.83 Å². The Labute approximate surface area is 398 Å². The predicted molar refractivity (Wildman–Crippen MR) is 288 cm³/mol. The van der Waals surface area contributed by atoms with Gasteiger partial charge in [0.15, 0.2) is 0 Å². The van der Waals surface area contributed by atoms with Crippen LogP contribution < -0.4 is 26.2 Å². The van der Waals surface area contributed by atoms with Gasteiger partial charge in [0.2, 0.25) is 0 Å². The molecule has 0 aliphatic carbocycles. The fraction of sp³-hybridized carbons (Fsp3) is 0.143. The number of hydrogen-bond acceptors (Lipinski definition) is 4. The molecule has 4 nitrogen and oxygen atoms in total. The summed E-state index contributed by atoms with van der Waals surface area (Å²) in [4.78, 5) is 5.05. The number of rotatable bonds is 4. The first kappa shape index (κ1) is 40.5. The van der Waals surface area contributed by atoms with Gasteiger partial charge < -0.3 is 18.6 Å². The number of fused-ring (bicyclic) bond motifs is 10. The van der Waals surface area contributed by atoms with E-state index in [1.54, 1.807) is 0 Å². The number of hydrogen-bond donors (Lipinski definition) is 0. The lowest BCUT2D eigenvalue weighted by Gasteiger charge is -2.45. The summed E-state index contributed by atoms with van der Waals surface area (Å²) in [6, 6.07) is 67.3. The molecular weight excluding hydrogens is 828 g/mol. The maximum Gasteiger partial charge on any atom is 0.252 e. The predicted octanol–water partition coefficient (Wildman–Crippen LogP) is 15.8. The van der Waals surface area contributed by atoms with Crippen LogP contribution in [0.5, 0.6) is 0 Å². The number of aryl methyl sites for hydroxylation is 1. The summed E-state index contributed by atoms with van der Waals surface area (Å²) in [5.74, 6) is 0. The maximum atomic E-state index is 6.32. The molecule has 0 bridgehead atoms. The van der Waals surface area contributed by atoms with Crippen LogP contribution in [0.15, 0.2) is 191 Å². The van der Waals surface area contributed by atoms with E-state index < -0.39 is 0 Å². The zero-order valence-electron chi connectivity index (χ0n) is 39.6. The van der Waals surface area contributed by atoms with Crippen LogP contribution in [0.1, 0.15) is 58.2 Å². The molecule has 5 heteroatoms. The van der Waals surface area contributed by atoms with Crippen molar-refractivity contribution in [3.63, 3.8) is 0 Å². The van der Waals surface area contributed by atoms with Gasteiger partial charge in [0, 0.05) is 55.7 Å². The second-order valence-corrected chi connectivity index (χ2v) is 21.1. The van der Waals surface area contributed by atoms with Crippen LogP contribution in [0.2, 0.25) is 0 Å². The summed E-state index contributed by atoms with van der Waals surface area (Å²) in [6.45, 7) is 16.2. The number of para-hydroxylation sites is 2. The molecule has 0 N–H and O–H groups in total. The molecular formula is C63H51BN2O2. The lowest BCUT2D eigenvalue weighted by molar-refractivity contribution is 0.590. The molecule has 0 spiro atoms. The Hall–Kier alpha value is -7.76. The number of anilines is 6. The van der Waals surface area contributed by atoms with Gasteiger partial charge in [-0.2, -0.15) is 0 Å². The third-order valence-electron chi connectivity index (χ3n) is 14.6. The summed E-state index contributed by atoms with van der Waals surface area (Å²) >= 11 is 0. The Balaban J connectivity index is 0.974. The topological polar surface area (TPSA) is 32.8 Å². The van der Waals surface area contributed by atoms with Gasteiger partial charge in [-0.05, 0) is 158 Å². The van der Waals surface area contributed by atoms with Crippen molar-refractivity contribution in [2.24, 2.45) is 0 Å². The molecule has 2 aliphatic heterocycles. The Bertz CT molecular complexity index is 3840. The van der Waals surface area contributed by atoms with E-state index in [0.29, 0.717) is 0 Å². The van der Waals surface area contributed by atoms with Crippen molar-refractivity contribution in [2.45, 2.75) is 59.3 Å². The Morgan fingerprint density at radius 2 is 0.824 bits per heavy atom. The molecule has 0 saturated carbocycles. The molecule has 0 fully saturated rings. The smallest absolute Gasteiger partial charge is 0.252 e. The van der Waals surface area contributed by atoms with Gasteiger partial charge in [0.25, 0.3) is 6.71 Å². The second kappa shape index (κ2) is 14.6. The SMILES string of the molecule is Cc1cc2c3c(c1)N(c1ccc(-c4ccc5c(c4)oc4ccccc45)cc1)c1cc(C(C)(C)C)ccc1B3c1cc(C(C)(C)C)ccc1N2c1ccc(-c2ccc3c(c2)oc2ccccc23)cc1. The molecule has 328 valence electrons. The van der Waals surface area contributed by atoms with Gasteiger partial charge in [0.05, 0.1) is 0 Å². The minimum Gasteiger partial charge on any atom is -0.456 e.